The maximum Gasteiger partial charge on any atom is 0.243 e. The van der Waals surface area contributed by atoms with Gasteiger partial charge in [-0.05, 0) is 12.8 Å². The first kappa shape index (κ1) is 16.3. The minimum absolute atomic E-state index is 1.18. The summed E-state index contributed by atoms with van der Waals surface area (Å²) in [5.41, 5.74) is 0. The van der Waals surface area contributed by atoms with Gasteiger partial charge in [0.05, 0.1) is 13.6 Å². The molecule has 0 saturated heterocycles. The summed E-state index contributed by atoms with van der Waals surface area (Å²) in [6.07, 6.45) is 22.1. The van der Waals surface area contributed by atoms with Crippen LogP contribution < -0.4 is 4.57 Å². The zero-order valence-corrected chi connectivity index (χ0v) is 13.1. The summed E-state index contributed by atoms with van der Waals surface area (Å²) in [5.74, 6) is 0. The van der Waals surface area contributed by atoms with E-state index in [1.54, 1.807) is 0 Å². The van der Waals surface area contributed by atoms with Crippen LogP contribution in [0.25, 0.3) is 0 Å². The largest absolute Gasteiger partial charge is 0.243 e. The van der Waals surface area contributed by atoms with E-state index in [1.807, 2.05) is 0 Å². The van der Waals surface area contributed by atoms with E-state index in [0.29, 0.717) is 0 Å². The molecular formula is C17H33N2+. The van der Waals surface area contributed by atoms with Crippen molar-refractivity contribution in [2.24, 2.45) is 7.05 Å². The Kier molecular flexibility index (Phi) is 9.48. The molecule has 110 valence electrons. The number of unbranched alkanes of at least 4 members (excludes halogenated alkanes) is 10. The molecule has 2 heteroatoms. The van der Waals surface area contributed by atoms with Crippen LogP contribution in [0.1, 0.15) is 77.6 Å². The summed E-state index contributed by atoms with van der Waals surface area (Å²) in [6.45, 7) is 3.46. The number of aryl methyl sites for hydroxylation is 2. The lowest BCUT2D eigenvalue weighted by atomic mass is 10.1. The van der Waals surface area contributed by atoms with Crippen LogP contribution in [0.2, 0.25) is 0 Å². The average molecular weight is 265 g/mol. The predicted molar refractivity (Wildman–Crippen MR) is 82.1 cm³/mol. The van der Waals surface area contributed by atoms with E-state index < -0.39 is 0 Å². The topological polar surface area (TPSA) is 8.81 Å². The molecule has 1 aromatic rings. The third kappa shape index (κ3) is 8.85. The molecule has 0 aliphatic heterocycles. The van der Waals surface area contributed by atoms with Crippen LogP contribution >= 0.6 is 0 Å². The zero-order valence-electron chi connectivity index (χ0n) is 13.1. The van der Waals surface area contributed by atoms with Crippen molar-refractivity contribution in [3.8, 4) is 0 Å². The van der Waals surface area contributed by atoms with Crippen molar-refractivity contribution in [2.45, 2.75) is 84.1 Å². The molecule has 2 nitrogen and oxygen atoms in total. The van der Waals surface area contributed by atoms with E-state index in [1.165, 1.54) is 77.2 Å². The molecule has 0 unspecified atom stereocenters. The Balaban J connectivity index is 1.79. The number of nitrogens with zero attached hydrogens (tertiary/aromatic N) is 2. The molecule has 0 N–H and O–H groups in total. The minimum atomic E-state index is 1.18. The second-order valence-electron chi connectivity index (χ2n) is 5.85. The van der Waals surface area contributed by atoms with E-state index in [4.69, 9.17) is 0 Å². The van der Waals surface area contributed by atoms with E-state index in [9.17, 15) is 0 Å². The molecule has 0 saturated carbocycles. The Morgan fingerprint density at radius 2 is 1.32 bits per heavy atom. The highest BCUT2D eigenvalue weighted by Gasteiger charge is 1.99. The van der Waals surface area contributed by atoms with Crippen LogP contribution in [0.5, 0.6) is 0 Å². The highest BCUT2D eigenvalue weighted by atomic mass is 15.1. The fourth-order valence-corrected chi connectivity index (χ4v) is 2.59. The quantitative estimate of drug-likeness (QED) is 0.385. The van der Waals surface area contributed by atoms with Crippen molar-refractivity contribution >= 4 is 0 Å². The molecular weight excluding hydrogens is 232 g/mol. The Morgan fingerprint density at radius 3 is 1.79 bits per heavy atom. The van der Waals surface area contributed by atoms with Gasteiger partial charge in [0.15, 0.2) is 0 Å². The van der Waals surface area contributed by atoms with Crippen LogP contribution in [0.4, 0.5) is 0 Å². The first-order valence-corrected chi connectivity index (χ1v) is 8.34. The zero-order chi connectivity index (χ0) is 13.8. The van der Waals surface area contributed by atoms with Gasteiger partial charge in [-0.15, -0.1) is 0 Å². The van der Waals surface area contributed by atoms with Crippen molar-refractivity contribution in [1.82, 2.24) is 4.57 Å². The van der Waals surface area contributed by atoms with Gasteiger partial charge in [0.25, 0.3) is 0 Å². The number of rotatable bonds is 12. The summed E-state index contributed by atoms with van der Waals surface area (Å²) in [7, 11) is 2.08. The molecule has 0 spiro atoms. The summed E-state index contributed by atoms with van der Waals surface area (Å²) in [5, 5.41) is 0. The van der Waals surface area contributed by atoms with Crippen molar-refractivity contribution in [2.75, 3.05) is 0 Å². The smallest absolute Gasteiger partial charge is 0.240 e. The molecule has 0 aliphatic carbocycles. The Labute approximate surface area is 119 Å². The fourth-order valence-electron chi connectivity index (χ4n) is 2.59. The van der Waals surface area contributed by atoms with Crippen LogP contribution in [-0.2, 0) is 13.6 Å². The molecule has 0 aliphatic rings. The van der Waals surface area contributed by atoms with E-state index in [2.05, 4.69) is 41.8 Å². The van der Waals surface area contributed by atoms with E-state index in [-0.39, 0.29) is 0 Å². The molecule has 0 fully saturated rings. The van der Waals surface area contributed by atoms with Crippen LogP contribution in [-0.4, -0.2) is 4.57 Å². The molecule has 0 bridgehead atoms. The van der Waals surface area contributed by atoms with Gasteiger partial charge in [-0.1, -0.05) is 64.7 Å². The van der Waals surface area contributed by atoms with E-state index in [0.717, 1.165) is 0 Å². The first-order chi connectivity index (χ1) is 9.33. The van der Waals surface area contributed by atoms with Crippen molar-refractivity contribution in [3.05, 3.63) is 18.7 Å². The van der Waals surface area contributed by atoms with E-state index >= 15 is 0 Å². The molecule has 0 amide bonds. The summed E-state index contributed by atoms with van der Waals surface area (Å²) >= 11 is 0. The summed E-state index contributed by atoms with van der Waals surface area (Å²) in [4.78, 5) is 0. The Hall–Kier alpha value is -0.790. The number of imidazole rings is 1. The van der Waals surface area contributed by atoms with Gasteiger partial charge < -0.3 is 0 Å². The van der Waals surface area contributed by atoms with Gasteiger partial charge in [-0.2, -0.15) is 0 Å². The van der Waals surface area contributed by atoms with Gasteiger partial charge >= 0.3 is 0 Å². The number of hydrogen-bond acceptors (Lipinski definition) is 0. The van der Waals surface area contributed by atoms with Gasteiger partial charge in [0.1, 0.15) is 12.4 Å². The number of hydrogen-bond donors (Lipinski definition) is 0. The van der Waals surface area contributed by atoms with Crippen molar-refractivity contribution in [1.29, 1.82) is 0 Å². The minimum Gasteiger partial charge on any atom is -0.240 e. The predicted octanol–water partition coefficient (Wildman–Crippen LogP) is 4.62. The highest BCUT2D eigenvalue weighted by Crippen LogP contribution is 2.11. The lowest BCUT2D eigenvalue weighted by Crippen LogP contribution is -2.23. The number of aromatic nitrogens is 2. The highest BCUT2D eigenvalue weighted by molar-refractivity contribution is 4.65. The molecule has 1 aromatic heterocycles. The van der Waals surface area contributed by atoms with Gasteiger partial charge in [0.2, 0.25) is 6.33 Å². The van der Waals surface area contributed by atoms with Gasteiger partial charge in [-0.3, -0.25) is 0 Å². The maximum atomic E-state index is 2.29. The maximum absolute atomic E-state index is 2.29. The molecule has 0 atom stereocenters. The summed E-state index contributed by atoms with van der Waals surface area (Å²) in [6, 6.07) is 0. The normalized spacial score (nSPS) is 11.1. The van der Waals surface area contributed by atoms with Crippen molar-refractivity contribution < 1.29 is 4.57 Å². The Bertz CT molecular complexity index is 304. The molecule has 0 radical (unpaired) electrons. The molecule has 19 heavy (non-hydrogen) atoms. The lowest BCUT2D eigenvalue weighted by Gasteiger charge is -2.02. The second-order valence-corrected chi connectivity index (χ2v) is 5.85. The van der Waals surface area contributed by atoms with Crippen LogP contribution in [0.3, 0.4) is 0 Å². The standard InChI is InChI=1S/C17H33N2/c1-3-4-5-6-7-8-9-10-11-12-13-14-19-16-15-18(2)17-19/h15-17H,3-14H2,1-2H3/q+1. The first-order valence-electron chi connectivity index (χ1n) is 8.34. The fraction of sp³-hybridized carbons (Fsp3) is 0.824. The molecule has 1 heterocycles. The van der Waals surface area contributed by atoms with Gasteiger partial charge in [-0.25, -0.2) is 9.13 Å². The second kappa shape index (κ2) is 11.1. The monoisotopic (exact) mass is 265 g/mol. The third-order valence-electron chi connectivity index (χ3n) is 3.84. The van der Waals surface area contributed by atoms with Crippen LogP contribution in [0.15, 0.2) is 18.7 Å². The average Bonchev–Trinajstić information content (AvgIpc) is 2.82. The lowest BCUT2D eigenvalue weighted by molar-refractivity contribution is -0.671. The SMILES string of the molecule is CCCCCCCCCCCCCn1cc[n+](C)c1. The molecule has 0 aromatic carbocycles. The van der Waals surface area contributed by atoms with Crippen LogP contribution in [0, 0.1) is 0 Å². The third-order valence-corrected chi connectivity index (χ3v) is 3.84. The molecule has 1 rings (SSSR count). The van der Waals surface area contributed by atoms with Gasteiger partial charge in [0, 0.05) is 0 Å². The summed E-state index contributed by atoms with van der Waals surface area (Å²) < 4.78 is 4.40. The van der Waals surface area contributed by atoms with Crippen molar-refractivity contribution in [3.63, 3.8) is 0 Å². The Morgan fingerprint density at radius 1 is 0.789 bits per heavy atom.